The monoisotopic (exact) mass is 313 g/mol. The fourth-order valence-corrected chi connectivity index (χ4v) is 3.00. The van der Waals surface area contributed by atoms with E-state index < -0.39 is 0 Å². The first-order valence-electron chi connectivity index (χ1n) is 6.86. The van der Waals surface area contributed by atoms with Crippen LogP contribution in [0.5, 0.6) is 0 Å². The van der Waals surface area contributed by atoms with Gasteiger partial charge < -0.3 is 15.3 Å². The van der Waals surface area contributed by atoms with Crippen molar-refractivity contribution < 1.29 is 4.79 Å². The van der Waals surface area contributed by atoms with Crippen LogP contribution in [0.4, 0.5) is 5.69 Å². The van der Waals surface area contributed by atoms with Gasteiger partial charge in [-0.3, -0.25) is 4.79 Å². The third-order valence-corrected chi connectivity index (χ3v) is 4.32. The summed E-state index contributed by atoms with van der Waals surface area (Å²) in [5.74, 6) is -0.0777. The molecule has 0 radical (unpaired) electrons. The van der Waals surface area contributed by atoms with E-state index in [1.165, 1.54) is 11.8 Å². The summed E-state index contributed by atoms with van der Waals surface area (Å²) in [4.78, 5) is 29.9. The molecule has 0 aliphatic rings. The second kappa shape index (κ2) is 6.11. The second-order valence-corrected chi connectivity index (χ2v) is 6.32. The number of rotatable bonds is 4. The molecule has 112 valence electrons. The van der Waals surface area contributed by atoms with E-state index in [0.717, 1.165) is 10.4 Å². The molecule has 0 bridgehead atoms. The Morgan fingerprint density at radius 3 is 2.59 bits per heavy atom. The van der Waals surface area contributed by atoms with E-state index in [9.17, 15) is 9.59 Å². The van der Waals surface area contributed by atoms with Gasteiger partial charge in [-0.05, 0) is 37.3 Å². The van der Waals surface area contributed by atoms with Gasteiger partial charge in [0.05, 0.1) is 16.3 Å². The Kier molecular flexibility index (Phi) is 4.02. The molecule has 1 aromatic heterocycles. The molecule has 1 amide bonds. The van der Waals surface area contributed by atoms with Crippen LogP contribution < -0.4 is 11.0 Å². The summed E-state index contributed by atoms with van der Waals surface area (Å²) < 4.78 is 0. The van der Waals surface area contributed by atoms with Crippen LogP contribution in [0.15, 0.2) is 58.2 Å². The van der Waals surface area contributed by atoms with E-state index in [-0.39, 0.29) is 16.8 Å². The van der Waals surface area contributed by atoms with E-state index >= 15 is 0 Å². The zero-order chi connectivity index (χ0) is 15.5. The van der Waals surface area contributed by atoms with Crippen LogP contribution in [-0.4, -0.2) is 21.1 Å². The van der Waals surface area contributed by atoms with E-state index in [2.05, 4.69) is 15.3 Å². The van der Waals surface area contributed by atoms with Crippen LogP contribution >= 0.6 is 11.8 Å². The summed E-state index contributed by atoms with van der Waals surface area (Å²) in [5, 5.41) is 2.65. The van der Waals surface area contributed by atoms with Gasteiger partial charge in [0.2, 0.25) is 5.91 Å². The molecular formula is C16H15N3O2S. The average Bonchev–Trinajstić information content (AvgIpc) is 2.87. The highest BCUT2D eigenvalue weighted by Gasteiger charge is 2.14. The number of aromatic amines is 2. The first-order valence-corrected chi connectivity index (χ1v) is 7.74. The van der Waals surface area contributed by atoms with Crippen molar-refractivity contribution in [2.24, 2.45) is 0 Å². The van der Waals surface area contributed by atoms with Crippen molar-refractivity contribution in [1.82, 2.24) is 9.97 Å². The van der Waals surface area contributed by atoms with Gasteiger partial charge >= 0.3 is 5.69 Å². The van der Waals surface area contributed by atoms with Crippen molar-refractivity contribution in [3.8, 4) is 0 Å². The lowest BCUT2D eigenvalue weighted by Gasteiger charge is -2.12. The zero-order valence-corrected chi connectivity index (χ0v) is 12.7. The zero-order valence-electron chi connectivity index (χ0n) is 11.9. The quantitative estimate of drug-likeness (QED) is 0.648. The minimum Gasteiger partial charge on any atom is -0.325 e. The summed E-state index contributed by atoms with van der Waals surface area (Å²) in [5.41, 5.74) is 1.79. The van der Waals surface area contributed by atoms with Crippen LogP contribution in [0, 0.1) is 0 Å². The van der Waals surface area contributed by atoms with Crippen LogP contribution in [0.1, 0.15) is 6.92 Å². The summed E-state index contributed by atoms with van der Waals surface area (Å²) in [6, 6.07) is 15.1. The molecule has 1 atom stereocenters. The first-order chi connectivity index (χ1) is 10.6. The molecule has 2 aromatic carbocycles. The molecule has 0 aliphatic heterocycles. The van der Waals surface area contributed by atoms with Crippen LogP contribution in [0.3, 0.4) is 0 Å². The van der Waals surface area contributed by atoms with Crippen molar-refractivity contribution in [2.45, 2.75) is 17.1 Å². The number of aromatic nitrogens is 2. The number of carbonyl (C=O) groups is 1. The molecule has 5 nitrogen and oxygen atoms in total. The van der Waals surface area contributed by atoms with Crippen molar-refractivity contribution >= 4 is 34.4 Å². The maximum Gasteiger partial charge on any atom is 0.323 e. The molecule has 0 fully saturated rings. The molecule has 22 heavy (non-hydrogen) atoms. The van der Waals surface area contributed by atoms with E-state index in [1.807, 2.05) is 37.3 Å². The summed E-state index contributed by atoms with van der Waals surface area (Å²) in [6.07, 6.45) is 0. The normalized spacial score (nSPS) is 12.2. The lowest BCUT2D eigenvalue weighted by molar-refractivity contribution is -0.115. The molecule has 1 heterocycles. The van der Waals surface area contributed by atoms with Gasteiger partial charge in [0.25, 0.3) is 0 Å². The fraction of sp³-hybridized carbons (Fsp3) is 0.125. The highest BCUT2D eigenvalue weighted by molar-refractivity contribution is 8.00. The standard InChI is InChI=1S/C16H15N3O2S/c1-10(22-12-5-3-2-4-6-12)15(20)17-11-7-8-13-14(9-11)19-16(21)18-13/h2-10H,1H3,(H,17,20)(H2,18,19,21). The Morgan fingerprint density at radius 2 is 1.82 bits per heavy atom. The molecule has 0 saturated heterocycles. The number of anilines is 1. The number of hydrogen-bond donors (Lipinski definition) is 3. The largest absolute Gasteiger partial charge is 0.325 e. The average molecular weight is 313 g/mol. The molecule has 3 aromatic rings. The predicted molar refractivity (Wildman–Crippen MR) is 89.3 cm³/mol. The van der Waals surface area contributed by atoms with Gasteiger partial charge in [0.1, 0.15) is 0 Å². The van der Waals surface area contributed by atoms with Gasteiger partial charge in [-0.1, -0.05) is 18.2 Å². The molecule has 6 heteroatoms. The van der Waals surface area contributed by atoms with Crippen molar-refractivity contribution in [1.29, 1.82) is 0 Å². The van der Waals surface area contributed by atoms with Crippen LogP contribution in [-0.2, 0) is 4.79 Å². The first kappa shape index (κ1) is 14.5. The smallest absolute Gasteiger partial charge is 0.323 e. The fourth-order valence-electron chi connectivity index (χ4n) is 2.11. The SMILES string of the molecule is CC(Sc1ccccc1)C(=O)Nc1ccc2[nH]c(=O)[nH]c2c1. The predicted octanol–water partition coefficient (Wildman–Crippen LogP) is 2.98. The Balaban J connectivity index is 1.70. The maximum absolute atomic E-state index is 12.2. The number of hydrogen-bond acceptors (Lipinski definition) is 3. The molecule has 0 aliphatic carbocycles. The number of imidazole rings is 1. The van der Waals surface area contributed by atoms with Crippen molar-refractivity contribution in [3.63, 3.8) is 0 Å². The highest BCUT2D eigenvalue weighted by atomic mass is 32.2. The second-order valence-electron chi connectivity index (χ2n) is 4.90. The number of fused-ring (bicyclic) bond motifs is 1. The highest BCUT2D eigenvalue weighted by Crippen LogP contribution is 2.24. The van der Waals surface area contributed by atoms with E-state index in [0.29, 0.717) is 11.2 Å². The van der Waals surface area contributed by atoms with Gasteiger partial charge in [-0.2, -0.15) is 0 Å². The number of amides is 1. The molecular weight excluding hydrogens is 298 g/mol. The number of H-pyrrole nitrogens is 2. The summed E-state index contributed by atoms with van der Waals surface area (Å²) in [6.45, 7) is 1.86. The lowest BCUT2D eigenvalue weighted by Crippen LogP contribution is -2.22. The summed E-state index contributed by atoms with van der Waals surface area (Å²) in [7, 11) is 0. The van der Waals surface area contributed by atoms with Gasteiger partial charge in [0, 0.05) is 10.6 Å². The number of benzene rings is 2. The van der Waals surface area contributed by atoms with Gasteiger partial charge in [-0.25, -0.2) is 4.79 Å². The van der Waals surface area contributed by atoms with E-state index in [4.69, 9.17) is 0 Å². The third-order valence-electron chi connectivity index (χ3n) is 3.21. The molecule has 1 unspecified atom stereocenters. The summed E-state index contributed by atoms with van der Waals surface area (Å²) >= 11 is 1.50. The van der Waals surface area contributed by atoms with Crippen molar-refractivity contribution in [2.75, 3.05) is 5.32 Å². The molecule has 0 saturated carbocycles. The van der Waals surface area contributed by atoms with Crippen molar-refractivity contribution in [3.05, 3.63) is 59.0 Å². The number of carbonyl (C=O) groups excluding carboxylic acids is 1. The van der Waals surface area contributed by atoms with Crippen LogP contribution in [0.25, 0.3) is 11.0 Å². The minimum absolute atomic E-state index is 0.0777. The van der Waals surface area contributed by atoms with Gasteiger partial charge in [-0.15, -0.1) is 11.8 Å². The molecule has 0 spiro atoms. The Morgan fingerprint density at radius 1 is 1.09 bits per heavy atom. The Labute approximate surface area is 131 Å². The van der Waals surface area contributed by atoms with Crippen LogP contribution in [0.2, 0.25) is 0 Å². The van der Waals surface area contributed by atoms with Gasteiger partial charge in [0.15, 0.2) is 0 Å². The third kappa shape index (κ3) is 3.23. The molecule has 3 rings (SSSR count). The Bertz CT molecular complexity index is 854. The number of thioether (sulfide) groups is 1. The maximum atomic E-state index is 12.2. The topological polar surface area (TPSA) is 77.8 Å². The van der Waals surface area contributed by atoms with E-state index in [1.54, 1.807) is 18.2 Å². The Hall–Kier alpha value is -2.47. The lowest BCUT2D eigenvalue weighted by atomic mass is 10.2. The number of nitrogens with one attached hydrogen (secondary N) is 3. The minimum atomic E-state index is -0.258. The molecule has 3 N–H and O–H groups in total.